The molecule has 0 aliphatic heterocycles. The molecule has 0 saturated carbocycles. The number of hydrogen-bond donors (Lipinski definition) is 2. The van der Waals surface area contributed by atoms with Crippen molar-refractivity contribution in [3.05, 3.63) is 64.2 Å². The number of rotatable bonds is 5. The third-order valence-electron chi connectivity index (χ3n) is 3.09. The topological polar surface area (TPSA) is 67.0 Å². The Balaban J connectivity index is 1.58. The van der Waals surface area contributed by atoms with Crippen LogP contribution in [0.1, 0.15) is 21.1 Å². The molecule has 3 aromatic rings. The fourth-order valence-electron chi connectivity index (χ4n) is 1.98. The summed E-state index contributed by atoms with van der Waals surface area (Å²) < 4.78 is 0. The summed E-state index contributed by atoms with van der Waals surface area (Å²) in [5.74, 6) is -0.311. The molecule has 2 N–H and O–H groups in total. The van der Waals surface area contributed by atoms with Gasteiger partial charge in [0.25, 0.3) is 5.91 Å². The molecular weight excluding hydrogens is 298 g/mol. The van der Waals surface area contributed by atoms with E-state index in [4.69, 9.17) is 4.84 Å². The van der Waals surface area contributed by atoms with Crippen LogP contribution in [0.15, 0.2) is 48.0 Å². The van der Waals surface area contributed by atoms with Crippen molar-refractivity contribution in [1.82, 2.24) is 15.4 Å². The summed E-state index contributed by atoms with van der Waals surface area (Å²) in [6.07, 6.45) is 1.76. The first-order chi connectivity index (χ1) is 10.7. The summed E-state index contributed by atoms with van der Waals surface area (Å²) in [6, 6.07) is 11.4. The van der Waals surface area contributed by atoms with Crippen LogP contribution in [0.25, 0.3) is 11.3 Å². The maximum atomic E-state index is 12.0. The largest absolute Gasteiger partial charge is 0.356 e. The smallest absolute Gasteiger partial charge is 0.291 e. The van der Waals surface area contributed by atoms with Crippen molar-refractivity contribution in [3.63, 3.8) is 0 Å². The number of H-pyrrole nitrogens is 1. The number of benzene rings is 1. The van der Waals surface area contributed by atoms with E-state index in [-0.39, 0.29) is 5.91 Å². The van der Waals surface area contributed by atoms with Gasteiger partial charge in [0.05, 0.1) is 17.3 Å². The number of aryl methyl sites for hydroxylation is 1. The average Bonchev–Trinajstić information content (AvgIpc) is 3.17. The molecule has 112 valence electrons. The summed E-state index contributed by atoms with van der Waals surface area (Å²) in [7, 11) is 0. The maximum absolute atomic E-state index is 12.0. The molecule has 5 nitrogen and oxygen atoms in total. The highest BCUT2D eigenvalue weighted by atomic mass is 32.1. The number of thiazole rings is 1. The number of nitrogens with one attached hydrogen (secondary N) is 2. The highest BCUT2D eigenvalue weighted by molar-refractivity contribution is 7.09. The van der Waals surface area contributed by atoms with Crippen molar-refractivity contribution in [3.8, 4) is 11.3 Å². The van der Waals surface area contributed by atoms with Gasteiger partial charge in [0.15, 0.2) is 0 Å². The minimum atomic E-state index is -0.311. The molecule has 0 saturated heterocycles. The number of aromatic amines is 1. The van der Waals surface area contributed by atoms with E-state index in [0.29, 0.717) is 12.3 Å². The summed E-state index contributed by atoms with van der Waals surface area (Å²) in [4.78, 5) is 24.5. The predicted molar refractivity (Wildman–Crippen MR) is 85.3 cm³/mol. The Labute approximate surface area is 131 Å². The summed E-state index contributed by atoms with van der Waals surface area (Å²) in [6.45, 7) is 2.28. The van der Waals surface area contributed by atoms with Gasteiger partial charge in [0, 0.05) is 17.1 Å². The molecule has 1 aromatic carbocycles. The molecule has 0 atom stereocenters. The van der Waals surface area contributed by atoms with E-state index < -0.39 is 0 Å². The van der Waals surface area contributed by atoms with E-state index in [1.165, 1.54) is 0 Å². The molecule has 2 aromatic heterocycles. The van der Waals surface area contributed by atoms with Gasteiger partial charge < -0.3 is 4.98 Å². The normalized spacial score (nSPS) is 10.6. The second-order valence-electron chi connectivity index (χ2n) is 4.76. The van der Waals surface area contributed by atoms with Crippen LogP contribution in [0.3, 0.4) is 0 Å². The molecule has 3 rings (SSSR count). The number of carbonyl (C=O) groups is 1. The van der Waals surface area contributed by atoms with Crippen molar-refractivity contribution >= 4 is 17.2 Å². The van der Waals surface area contributed by atoms with Gasteiger partial charge in [-0.05, 0) is 18.6 Å². The van der Waals surface area contributed by atoms with Crippen LogP contribution in [-0.4, -0.2) is 15.9 Å². The molecule has 0 radical (unpaired) electrons. The average molecular weight is 313 g/mol. The number of hydrogen-bond acceptors (Lipinski definition) is 4. The monoisotopic (exact) mass is 313 g/mol. The zero-order valence-electron chi connectivity index (χ0n) is 12.0. The van der Waals surface area contributed by atoms with E-state index in [1.807, 2.05) is 42.6 Å². The van der Waals surface area contributed by atoms with E-state index in [9.17, 15) is 4.79 Å². The number of hydroxylamine groups is 1. The van der Waals surface area contributed by atoms with Crippen LogP contribution in [0.4, 0.5) is 0 Å². The third kappa shape index (κ3) is 3.41. The number of aromatic nitrogens is 2. The summed E-state index contributed by atoms with van der Waals surface area (Å²) in [5, 5.41) is 2.96. The van der Waals surface area contributed by atoms with E-state index >= 15 is 0 Å². The van der Waals surface area contributed by atoms with Gasteiger partial charge in [-0.25, -0.2) is 10.5 Å². The lowest BCUT2D eigenvalue weighted by molar-refractivity contribution is 0.0230. The Kier molecular flexibility index (Phi) is 4.32. The van der Waals surface area contributed by atoms with Gasteiger partial charge >= 0.3 is 0 Å². The fourth-order valence-corrected chi connectivity index (χ4v) is 2.61. The fraction of sp³-hybridized carbons (Fsp3) is 0.125. The molecule has 0 spiro atoms. The lowest BCUT2D eigenvalue weighted by Crippen LogP contribution is -2.23. The van der Waals surface area contributed by atoms with Gasteiger partial charge in [0.2, 0.25) is 0 Å². The zero-order valence-corrected chi connectivity index (χ0v) is 12.8. The molecule has 1 amide bonds. The summed E-state index contributed by atoms with van der Waals surface area (Å²) >= 11 is 1.58. The molecule has 0 aliphatic rings. The Hall–Kier alpha value is -2.44. The first-order valence-corrected chi connectivity index (χ1v) is 7.67. The maximum Gasteiger partial charge on any atom is 0.291 e. The Bertz CT molecular complexity index is 765. The molecule has 22 heavy (non-hydrogen) atoms. The van der Waals surface area contributed by atoms with Crippen molar-refractivity contribution in [1.29, 1.82) is 0 Å². The number of amides is 1. The van der Waals surface area contributed by atoms with Crippen molar-refractivity contribution in [2.24, 2.45) is 0 Å². The Morgan fingerprint density at radius 2 is 2.18 bits per heavy atom. The van der Waals surface area contributed by atoms with Gasteiger partial charge in [0.1, 0.15) is 5.69 Å². The summed E-state index contributed by atoms with van der Waals surface area (Å²) in [5.41, 5.74) is 5.61. The minimum absolute atomic E-state index is 0.311. The number of nitrogens with zero attached hydrogens (tertiary/aromatic N) is 1. The van der Waals surface area contributed by atoms with Crippen LogP contribution >= 0.6 is 11.3 Å². The molecule has 2 heterocycles. The van der Waals surface area contributed by atoms with Crippen molar-refractivity contribution < 1.29 is 9.63 Å². The van der Waals surface area contributed by atoms with Gasteiger partial charge in [-0.15, -0.1) is 11.3 Å². The quantitative estimate of drug-likeness (QED) is 0.710. The highest BCUT2D eigenvalue weighted by Crippen LogP contribution is 2.22. The van der Waals surface area contributed by atoms with Crippen LogP contribution in [-0.2, 0) is 11.4 Å². The van der Waals surface area contributed by atoms with E-state index in [1.54, 1.807) is 23.6 Å². The lowest BCUT2D eigenvalue weighted by atomic mass is 10.2. The standard InChI is InChI=1S/C16H15N3O2S/c1-11-18-15(10-22-11)13-7-14(17-8-13)16(20)19-21-9-12-5-3-2-4-6-12/h2-8,10,17H,9H2,1H3,(H,19,20). The first kappa shape index (κ1) is 14.5. The molecule has 0 unspecified atom stereocenters. The van der Waals surface area contributed by atoms with E-state index in [2.05, 4.69) is 15.4 Å². The van der Waals surface area contributed by atoms with Crippen molar-refractivity contribution in [2.75, 3.05) is 0 Å². The Morgan fingerprint density at radius 3 is 2.91 bits per heavy atom. The van der Waals surface area contributed by atoms with Crippen LogP contribution in [0, 0.1) is 6.92 Å². The van der Waals surface area contributed by atoms with Gasteiger partial charge in [-0.1, -0.05) is 30.3 Å². The molecule has 0 bridgehead atoms. The van der Waals surface area contributed by atoms with Crippen LogP contribution in [0.2, 0.25) is 0 Å². The first-order valence-electron chi connectivity index (χ1n) is 6.79. The SMILES string of the molecule is Cc1nc(-c2c[nH]c(C(=O)NOCc3ccccc3)c2)cs1. The van der Waals surface area contributed by atoms with Gasteiger partial charge in [-0.2, -0.15) is 0 Å². The van der Waals surface area contributed by atoms with Crippen LogP contribution in [0.5, 0.6) is 0 Å². The second kappa shape index (κ2) is 6.55. The molecule has 0 aliphatic carbocycles. The Morgan fingerprint density at radius 1 is 1.36 bits per heavy atom. The second-order valence-corrected chi connectivity index (χ2v) is 5.82. The zero-order chi connectivity index (χ0) is 15.4. The van der Waals surface area contributed by atoms with E-state index in [0.717, 1.165) is 21.8 Å². The minimum Gasteiger partial charge on any atom is -0.356 e. The molecule has 6 heteroatoms. The van der Waals surface area contributed by atoms with Gasteiger partial charge in [-0.3, -0.25) is 9.63 Å². The molecular formula is C16H15N3O2S. The molecule has 0 fully saturated rings. The lowest BCUT2D eigenvalue weighted by Gasteiger charge is -2.04. The number of carbonyl (C=O) groups excluding carboxylic acids is 1. The predicted octanol–water partition coefficient (Wildman–Crippen LogP) is 3.31. The van der Waals surface area contributed by atoms with Crippen LogP contribution < -0.4 is 5.48 Å². The van der Waals surface area contributed by atoms with Crippen molar-refractivity contribution in [2.45, 2.75) is 13.5 Å². The highest BCUT2D eigenvalue weighted by Gasteiger charge is 2.11. The third-order valence-corrected chi connectivity index (χ3v) is 3.86.